The minimum absolute atomic E-state index is 0.0261. The maximum absolute atomic E-state index is 13.9. The van der Waals surface area contributed by atoms with E-state index in [-0.39, 0.29) is 18.2 Å². The van der Waals surface area contributed by atoms with Crippen LogP contribution in [0.15, 0.2) is 55.1 Å². The molecule has 9 nitrogen and oxygen atoms in total. The molecule has 0 bridgehead atoms. The van der Waals surface area contributed by atoms with E-state index in [0.29, 0.717) is 45.8 Å². The van der Waals surface area contributed by atoms with Crippen LogP contribution in [0.25, 0.3) is 33.7 Å². The van der Waals surface area contributed by atoms with Crippen molar-refractivity contribution in [2.24, 2.45) is 7.05 Å². The third-order valence-electron chi connectivity index (χ3n) is 5.41. The molecular weight excluding hydrogens is 423 g/mol. The van der Waals surface area contributed by atoms with Gasteiger partial charge in [-0.3, -0.25) is 4.68 Å². The molecule has 4 heterocycles. The van der Waals surface area contributed by atoms with Gasteiger partial charge in [-0.05, 0) is 30.5 Å². The van der Waals surface area contributed by atoms with Crippen molar-refractivity contribution in [3.05, 3.63) is 72.2 Å². The number of anilines is 1. The summed E-state index contributed by atoms with van der Waals surface area (Å²) in [6, 6.07) is 8.18. The van der Waals surface area contributed by atoms with Crippen LogP contribution in [0.3, 0.4) is 0 Å². The Morgan fingerprint density at radius 1 is 1.15 bits per heavy atom. The van der Waals surface area contributed by atoms with Gasteiger partial charge in [-0.2, -0.15) is 5.10 Å². The number of rotatable bonds is 6. The zero-order valence-corrected chi connectivity index (χ0v) is 17.8. The van der Waals surface area contributed by atoms with Crippen LogP contribution in [0.1, 0.15) is 23.8 Å². The van der Waals surface area contributed by atoms with Crippen LogP contribution in [0, 0.1) is 5.82 Å². The van der Waals surface area contributed by atoms with Gasteiger partial charge in [0.05, 0.1) is 35.6 Å². The molecule has 0 aliphatic carbocycles. The van der Waals surface area contributed by atoms with Gasteiger partial charge in [0.15, 0.2) is 5.65 Å². The predicted octanol–water partition coefficient (Wildman–Crippen LogP) is 3.20. The van der Waals surface area contributed by atoms with Crippen molar-refractivity contribution in [1.29, 1.82) is 0 Å². The molecule has 0 fully saturated rings. The number of benzene rings is 1. The molecule has 10 heteroatoms. The number of fused-ring (bicyclic) bond motifs is 1. The van der Waals surface area contributed by atoms with Gasteiger partial charge >= 0.3 is 0 Å². The third-order valence-corrected chi connectivity index (χ3v) is 5.41. The van der Waals surface area contributed by atoms with Gasteiger partial charge in [0.1, 0.15) is 11.3 Å². The first-order valence-corrected chi connectivity index (χ1v) is 10.4. The Hall–Kier alpha value is -4.18. The molecule has 166 valence electrons. The lowest BCUT2D eigenvalue weighted by atomic mass is 10.0. The van der Waals surface area contributed by atoms with Gasteiger partial charge in [0.25, 0.3) is 0 Å². The highest BCUT2D eigenvalue weighted by atomic mass is 19.1. The number of aromatic amines is 1. The summed E-state index contributed by atoms with van der Waals surface area (Å²) in [6.07, 6.45) is 6.70. The topological polar surface area (TPSA) is 131 Å². The van der Waals surface area contributed by atoms with E-state index in [1.165, 1.54) is 6.07 Å². The Morgan fingerprint density at radius 2 is 2.00 bits per heavy atom. The molecule has 0 radical (unpaired) electrons. The molecule has 0 aliphatic heterocycles. The molecule has 5 aromatic rings. The summed E-state index contributed by atoms with van der Waals surface area (Å²) < 4.78 is 15.6. The van der Waals surface area contributed by atoms with Gasteiger partial charge in [0.2, 0.25) is 5.95 Å². The smallest absolute Gasteiger partial charge is 0.220 e. The molecule has 0 aliphatic rings. The molecule has 0 amide bonds. The van der Waals surface area contributed by atoms with E-state index in [0.717, 1.165) is 5.56 Å². The molecule has 4 aromatic heterocycles. The fourth-order valence-corrected chi connectivity index (χ4v) is 3.71. The summed E-state index contributed by atoms with van der Waals surface area (Å²) in [4.78, 5) is 20.8. The second-order valence-corrected chi connectivity index (χ2v) is 7.74. The van der Waals surface area contributed by atoms with E-state index in [1.54, 1.807) is 47.5 Å². The summed E-state index contributed by atoms with van der Waals surface area (Å²) in [5, 5.41) is 14.9. The summed E-state index contributed by atoms with van der Waals surface area (Å²) in [7, 11) is 1.83. The highest BCUT2D eigenvalue weighted by Gasteiger charge is 2.17. The zero-order chi connectivity index (χ0) is 22.9. The van der Waals surface area contributed by atoms with E-state index in [9.17, 15) is 9.50 Å². The van der Waals surface area contributed by atoms with Crippen LogP contribution in [0.2, 0.25) is 0 Å². The number of hydrogen-bond donors (Lipinski definition) is 3. The molecular formula is C23H21FN8O. The van der Waals surface area contributed by atoms with Gasteiger partial charge in [-0.25, -0.2) is 24.3 Å². The minimum atomic E-state index is -0.934. The standard InChI is InChI=1S/C23H21FN8O/c1-32-12-14(9-28-32)19-11-27-22-21(29-19)15(10-26-22)17-8-18(31-23(25)30-17)20(33)7-6-13-4-2-3-5-16(13)24/h2-5,8-12,20,33H,6-7H2,1H3,(H,26,27)(H2,25,30,31). The molecule has 1 unspecified atom stereocenters. The van der Waals surface area contributed by atoms with Gasteiger partial charge in [-0.15, -0.1) is 0 Å². The van der Waals surface area contributed by atoms with Crippen molar-refractivity contribution >= 4 is 17.1 Å². The normalized spacial score (nSPS) is 12.3. The number of halogens is 1. The summed E-state index contributed by atoms with van der Waals surface area (Å²) in [5.41, 5.74) is 10.7. The number of hydrogen-bond acceptors (Lipinski definition) is 7. The van der Waals surface area contributed by atoms with Crippen LogP contribution in [0.5, 0.6) is 0 Å². The number of aryl methyl sites for hydroxylation is 2. The van der Waals surface area contributed by atoms with Crippen molar-refractivity contribution in [2.75, 3.05) is 5.73 Å². The second kappa shape index (κ2) is 8.40. The summed E-state index contributed by atoms with van der Waals surface area (Å²) in [5.74, 6) is -0.271. The molecule has 0 saturated heterocycles. The van der Waals surface area contributed by atoms with Crippen LogP contribution in [-0.2, 0) is 13.5 Å². The van der Waals surface area contributed by atoms with Crippen LogP contribution in [-0.4, -0.2) is 39.8 Å². The van der Waals surface area contributed by atoms with E-state index in [1.807, 2.05) is 13.2 Å². The van der Waals surface area contributed by atoms with Crippen LogP contribution in [0.4, 0.5) is 10.3 Å². The average Bonchev–Trinajstić information content (AvgIpc) is 3.43. The summed E-state index contributed by atoms with van der Waals surface area (Å²) in [6.45, 7) is 0. The number of nitrogens with one attached hydrogen (secondary N) is 1. The second-order valence-electron chi connectivity index (χ2n) is 7.74. The fourth-order valence-electron chi connectivity index (χ4n) is 3.71. The lowest BCUT2D eigenvalue weighted by Gasteiger charge is -2.12. The Kier molecular flexibility index (Phi) is 5.27. The number of aromatic nitrogens is 7. The van der Waals surface area contributed by atoms with Gasteiger partial charge in [-0.1, -0.05) is 18.2 Å². The van der Waals surface area contributed by atoms with Gasteiger partial charge in [0, 0.05) is 30.6 Å². The number of nitrogens with two attached hydrogens (primary N) is 1. The highest BCUT2D eigenvalue weighted by molar-refractivity contribution is 5.90. The van der Waals surface area contributed by atoms with Crippen molar-refractivity contribution in [3.8, 4) is 22.5 Å². The number of aliphatic hydroxyl groups is 1. The first-order valence-electron chi connectivity index (χ1n) is 10.4. The lowest BCUT2D eigenvalue weighted by Crippen LogP contribution is -2.07. The van der Waals surface area contributed by atoms with E-state index >= 15 is 0 Å². The van der Waals surface area contributed by atoms with Crippen molar-refractivity contribution in [3.63, 3.8) is 0 Å². The van der Waals surface area contributed by atoms with Gasteiger partial charge < -0.3 is 15.8 Å². The zero-order valence-electron chi connectivity index (χ0n) is 17.8. The Labute approximate surface area is 188 Å². The van der Waals surface area contributed by atoms with Crippen molar-refractivity contribution in [2.45, 2.75) is 18.9 Å². The SMILES string of the molecule is Cn1cc(-c2cnc3[nH]cc(-c4cc(C(O)CCc5ccccc5F)nc(N)n4)c3n2)cn1. The monoisotopic (exact) mass is 444 g/mol. The van der Waals surface area contributed by atoms with Crippen LogP contribution < -0.4 is 5.73 Å². The molecule has 4 N–H and O–H groups in total. The van der Waals surface area contributed by atoms with Crippen molar-refractivity contribution in [1.82, 2.24) is 34.7 Å². The maximum atomic E-state index is 13.9. The molecule has 5 rings (SSSR count). The predicted molar refractivity (Wildman–Crippen MR) is 121 cm³/mol. The third kappa shape index (κ3) is 4.15. The quantitative estimate of drug-likeness (QED) is 0.366. The lowest BCUT2D eigenvalue weighted by molar-refractivity contribution is 0.163. The van der Waals surface area contributed by atoms with Crippen LogP contribution >= 0.6 is 0 Å². The Morgan fingerprint density at radius 3 is 2.79 bits per heavy atom. The molecule has 1 atom stereocenters. The first kappa shape index (κ1) is 20.7. The largest absolute Gasteiger partial charge is 0.387 e. The van der Waals surface area contributed by atoms with E-state index in [2.05, 4.69) is 25.0 Å². The molecule has 0 saturated carbocycles. The van der Waals surface area contributed by atoms with E-state index in [4.69, 9.17) is 10.7 Å². The summed E-state index contributed by atoms with van der Waals surface area (Å²) >= 11 is 0. The van der Waals surface area contributed by atoms with Crippen molar-refractivity contribution < 1.29 is 9.50 Å². The highest BCUT2D eigenvalue weighted by Crippen LogP contribution is 2.29. The van der Waals surface area contributed by atoms with E-state index < -0.39 is 6.10 Å². The minimum Gasteiger partial charge on any atom is -0.387 e. The number of nitrogens with zero attached hydrogens (tertiary/aromatic N) is 6. The maximum Gasteiger partial charge on any atom is 0.220 e. The first-order chi connectivity index (χ1) is 16.0. The molecule has 0 spiro atoms. The Bertz CT molecular complexity index is 1440. The number of nitrogen functional groups attached to an aromatic ring is 1. The molecule has 33 heavy (non-hydrogen) atoms. The fraction of sp³-hybridized carbons (Fsp3) is 0.174. The number of aliphatic hydroxyl groups excluding tert-OH is 1. The molecule has 1 aromatic carbocycles. The Balaban J connectivity index is 1.46. The average molecular weight is 444 g/mol. The number of H-pyrrole nitrogens is 1.